The highest BCUT2D eigenvalue weighted by Crippen LogP contribution is 2.27. The fourth-order valence-corrected chi connectivity index (χ4v) is 3.29. The van der Waals surface area contributed by atoms with Crippen LogP contribution in [0, 0.1) is 0 Å². The predicted octanol–water partition coefficient (Wildman–Crippen LogP) is 4.33. The Morgan fingerprint density at radius 3 is 2.95 bits per heavy atom. The van der Waals surface area contributed by atoms with Crippen molar-refractivity contribution in [1.29, 1.82) is 0 Å². The minimum absolute atomic E-state index is 0.566. The molecule has 3 nitrogen and oxygen atoms in total. The van der Waals surface area contributed by atoms with Crippen LogP contribution in [0.3, 0.4) is 0 Å². The van der Waals surface area contributed by atoms with Crippen molar-refractivity contribution in [2.45, 2.75) is 19.9 Å². The second kappa shape index (κ2) is 6.50. The summed E-state index contributed by atoms with van der Waals surface area (Å²) in [6.07, 6.45) is 0.756. The Morgan fingerprint density at radius 2 is 2.24 bits per heavy atom. The molecule has 21 heavy (non-hydrogen) atoms. The first kappa shape index (κ1) is 14.4. The lowest BCUT2D eigenvalue weighted by molar-refractivity contribution is 0.343. The third-order valence-corrected chi connectivity index (χ3v) is 4.28. The zero-order valence-electron chi connectivity index (χ0n) is 11.9. The topological polar surface area (TPSA) is 27.1 Å². The van der Waals surface area contributed by atoms with Crippen LogP contribution >= 0.6 is 22.9 Å². The molecule has 0 radical (unpaired) electrons. The van der Waals surface area contributed by atoms with Crippen molar-refractivity contribution in [2.24, 2.45) is 0 Å². The van der Waals surface area contributed by atoms with Gasteiger partial charge in [0.15, 0.2) is 0 Å². The molecule has 3 aromatic rings. The van der Waals surface area contributed by atoms with E-state index in [1.807, 2.05) is 19.1 Å². The lowest BCUT2D eigenvalue weighted by atomic mass is 10.2. The molecule has 0 aliphatic carbocycles. The first-order chi connectivity index (χ1) is 10.3. The zero-order valence-corrected chi connectivity index (χ0v) is 13.5. The Hall–Kier alpha value is -1.52. The highest BCUT2D eigenvalue weighted by Gasteiger charge is 2.14. The highest BCUT2D eigenvalue weighted by molar-refractivity contribution is 7.07. The molecule has 0 saturated carbocycles. The third kappa shape index (κ3) is 2.92. The van der Waals surface area contributed by atoms with Crippen LogP contribution in [-0.4, -0.2) is 22.0 Å². The summed E-state index contributed by atoms with van der Waals surface area (Å²) < 4.78 is 7.93. The molecule has 2 heterocycles. The molecule has 0 bridgehead atoms. The molecule has 1 aromatic carbocycles. The van der Waals surface area contributed by atoms with Gasteiger partial charge >= 0.3 is 0 Å². The Kier molecular flexibility index (Phi) is 4.46. The van der Waals surface area contributed by atoms with Crippen molar-refractivity contribution in [2.75, 3.05) is 12.5 Å². The van der Waals surface area contributed by atoms with E-state index in [4.69, 9.17) is 21.3 Å². The molecular weight excluding hydrogens is 304 g/mol. The fraction of sp³-hybridized carbons (Fsp3) is 0.312. The number of imidazole rings is 1. The van der Waals surface area contributed by atoms with Crippen molar-refractivity contribution in [3.8, 4) is 5.75 Å². The van der Waals surface area contributed by atoms with E-state index in [-0.39, 0.29) is 0 Å². The van der Waals surface area contributed by atoms with Crippen LogP contribution < -0.4 is 4.74 Å². The third-order valence-electron chi connectivity index (χ3n) is 3.36. The number of fused-ring (bicyclic) bond motifs is 1. The second-order valence-electron chi connectivity index (χ2n) is 4.74. The monoisotopic (exact) mass is 320 g/mol. The number of thiophene rings is 1. The van der Waals surface area contributed by atoms with Crippen molar-refractivity contribution >= 4 is 34.0 Å². The Labute approximate surface area is 133 Å². The zero-order chi connectivity index (χ0) is 14.7. The summed E-state index contributed by atoms with van der Waals surface area (Å²) in [5.41, 5.74) is 3.32. The minimum Gasteiger partial charge on any atom is -0.492 e. The summed E-state index contributed by atoms with van der Waals surface area (Å²) in [5.74, 6) is 2.42. The molecule has 0 unspecified atom stereocenters. The number of nitrogens with zero attached hydrogens (tertiary/aromatic N) is 2. The van der Waals surface area contributed by atoms with Crippen LogP contribution in [0.2, 0.25) is 0 Å². The van der Waals surface area contributed by atoms with E-state index in [0.717, 1.165) is 35.6 Å². The second-order valence-corrected chi connectivity index (χ2v) is 5.90. The SMILES string of the molecule is CCOc1cccc2c1nc(CCCl)n2Cc1ccsc1. The van der Waals surface area contributed by atoms with Gasteiger partial charge in [0, 0.05) is 12.3 Å². The van der Waals surface area contributed by atoms with E-state index in [1.54, 1.807) is 11.3 Å². The molecule has 2 aromatic heterocycles. The summed E-state index contributed by atoms with van der Waals surface area (Å²) >= 11 is 7.65. The molecule has 110 valence electrons. The van der Waals surface area contributed by atoms with Gasteiger partial charge in [0.25, 0.3) is 0 Å². The maximum Gasteiger partial charge on any atom is 0.147 e. The Bertz CT molecular complexity index is 721. The first-order valence-electron chi connectivity index (χ1n) is 7.01. The number of hydrogen-bond donors (Lipinski definition) is 0. The first-order valence-corrected chi connectivity index (χ1v) is 8.49. The van der Waals surface area contributed by atoms with Gasteiger partial charge in [-0.15, -0.1) is 11.6 Å². The molecule has 0 aliphatic rings. The van der Waals surface area contributed by atoms with Crippen LogP contribution in [0.4, 0.5) is 0 Å². The number of halogens is 1. The van der Waals surface area contributed by atoms with E-state index in [2.05, 4.69) is 27.5 Å². The summed E-state index contributed by atoms with van der Waals surface area (Å²) in [6.45, 7) is 3.45. The number of alkyl halides is 1. The molecule has 5 heteroatoms. The molecule has 0 atom stereocenters. The number of rotatable bonds is 6. The minimum atomic E-state index is 0.566. The molecule has 0 aliphatic heterocycles. The van der Waals surface area contributed by atoms with Crippen molar-refractivity contribution < 1.29 is 4.74 Å². The Morgan fingerprint density at radius 1 is 1.33 bits per heavy atom. The number of ether oxygens (including phenoxy) is 1. The van der Waals surface area contributed by atoms with Crippen molar-refractivity contribution in [3.63, 3.8) is 0 Å². The van der Waals surface area contributed by atoms with Crippen LogP contribution in [-0.2, 0) is 13.0 Å². The number of hydrogen-bond acceptors (Lipinski definition) is 3. The normalized spacial score (nSPS) is 11.1. The summed E-state index contributed by atoms with van der Waals surface area (Å²) in [7, 11) is 0. The van der Waals surface area contributed by atoms with Gasteiger partial charge in [0.05, 0.1) is 18.7 Å². The maximum atomic E-state index is 5.94. The fourth-order valence-electron chi connectivity index (χ4n) is 2.46. The van der Waals surface area contributed by atoms with Crippen LogP contribution in [0.1, 0.15) is 18.3 Å². The van der Waals surface area contributed by atoms with Gasteiger partial charge in [-0.2, -0.15) is 11.3 Å². The lowest BCUT2D eigenvalue weighted by Crippen LogP contribution is -2.05. The van der Waals surface area contributed by atoms with E-state index in [0.29, 0.717) is 12.5 Å². The van der Waals surface area contributed by atoms with Gasteiger partial charge in [0.2, 0.25) is 0 Å². The van der Waals surface area contributed by atoms with E-state index in [9.17, 15) is 0 Å². The van der Waals surface area contributed by atoms with E-state index < -0.39 is 0 Å². The Balaban J connectivity index is 2.10. The maximum absolute atomic E-state index is 5.94. The molecule has 0 N–H and O–H groups in total. The van der Waals surface area contributed by atoms with Gasteiger partial charge in [-0.1, -0.05) is 6.07 Å². The quantitative estimate of drug-likeness (QED) is 0.632. The molecule has 0 fully saturated rings. The standard InChI is InChI=1S/C16H17ClN2OS/c1-2-20-14-5-3-4-13-16(14)18-15(6-8-17)19(13)10-12-7-9-21-11-12/h3-5,7,9,11H,2,6,8,10H2,1H3. The van der Waals surface area contributed by atoms with Crippen molar-refractivity contribution in [3.05, 3.63) is 46.4 Å². The highest BCUT2D eigenvalue weighted by atomic mass is 35.5. The van der Waals surface area contributed by atoms with Crippen LogP contribution in [0.25, 0.3) is 11.0 Å². The predicted molar refractivity (Wildman–Crippen MR) is 88.7 cm³/mol. The van der Waals surface area contributed by atoms with E-state index >= 15 is 0 Å². The van der Waals surface area contributed by atoms with Gasteiger partial charge < -0.3 is 9.30 Å². The largest absolute Gasteiger partial charge is 0.492 e. The average Bonchev–Trinajstić information content (AvgIpc) is 3.10. The van der Waals surface area contributed by atoms with Gasteiger partial charge in [-0.05, 0) is 41.4 Å². The smallest absolute Gasteiger partial charge is 0.147 e. The lowest BCUT2D eigenvalue weighted by Gasteiger charge is -2.08. The van der Waals surface area contributed by atoms with Crippen molar-refractivity contribution in [1.82, 2.24) is 9.55 Å². The van der Waals surface area contributed by atoms with Gasteiger partial charge in [-0.3, -0.25) is 0 Å². The molecule has 3 rings (SSSR count). The van der Waals surface area contributed by atoms with Crippen LogP contribution in [0.15, 0.2) is 35.0 Å². The number of para-hydroxylation sites is 1. The van der Waals surface area contributed by atoms with E-state index in [1.165, 1.54) is 5.56 Å². The molecule has 0 amide bonds. The number of benzene rings is 1. The van der Waals surface area contributed by atoms with Gasteiger partial charge in [0.1, 0.15) is 17.1 Å². The average molecular weight is 321 g/mol. The summed E-state index contributed by atoms with van der Waals surface area (Å²) in [4.78, 5) is 4.76. The number of aryl methyl sites for hydroxylation is 1. The summed E-state index contributed by atoms with van der Waals surface area (Å²) in [5, 5.41) is 4.27. The molecular formula is C16H17ClN2OS. The molecule has 0 spiro atoms. The van der Waals surface area contributed by atoms with Gasteiger partial charge in [-0.25, -0.2) is 4.98 Å². The van der Waals surface area contributed by atoms with Crippen LogP contribution in [0.5, 0.6) is 5.75 Å². The molecule has 0 saturated heterocycles. The summed E-state index contributed by atoms with van der Waals surface area (Å²) in [6, 6.07) is 8.23. The number of aromatic nitrogens is 2.